The van der Waals surface area contributed by atoms with Crippen molar-refractivity contribution >= 4 is 51.4 Å². The van der Waals surface area contributed by atoms with Crippen LogP contribution in [0.15, 0.2) is 22.5 Å². The number of carbonyl (C=O) groups excluding carboxylic acids is 1. The van der Waals surface area contributed by atoms with Gasteiger partial charge in [-0.3, -0.25) is 20.2 Å². The van der Waals surface area contributed by atoms with E-state index in [1.807, 2.05) is 0 Å². The molecule has 10 heteroatoms. The zero-order valence-corrected chi connectivity index (χ0v) is 14.5. The number of hydrogen-bond donors (Lipinski definition) is 1. The molecule has 1 heterocycles. The van der Waals surface area contributed by atoms with Gasteiger partial charge in [-0.15, -0.1) is 10.2 Å². The van der Waals surface area contributed by atoms with Crippen LogP contribution in [0, 0.1) is 10.1 Å². The molecule has 0 unspecified atom stereocenters. The second kappa shape index (κ2) is 8.23. The lowest BCUT2D eigenvalue weighted by molar-refractivity contribution is -0.385. The monoisotopic (exact) mass is 372 g/mol. The molecule has 0 bridgehead atoms. The van der Waals surface area contributed by atoms with E-state index in [9.17, 15) is 14.9 Å². The smallest absolute Gasteiger partial charge is 0.283 e. The second-order valence-corrected chi connectivity index (χ2v) is 7.20. The highest BCUT2D eigenvalue weighted by Gasteiger charge is 2.21. The van der Waals surface area contributed by atoms with Gasteiger partial charge in [0.2, 0.25) is 5.13 Å². The Bertz CT molecular complexity index is 723. The molecule has 2 rings (SSSR count). The quantitative estimate of drug-likeness (QED) is 0.256. The zero-order chi connectivity index (χ0) is 16.8. The Hall–Kier alpha value is -1.71. The Morgan fingerprint density at radius 3 is 2.96 bits per heavy atom. The topological polar surface area (TPSA) is 98.0 Å². The molecule has 0 saturated heterocycles. The molecule has 122 valence electrons. The van der Waals surface area contributed by atoms with E-state index in [0.717, 1.165) is 29.0 Å². The Morgan fingerprint density at radius 2 is 2.26 bits per heavy atom. The lowest BCUT2D eigenvalue weighted by Gasteiger charge is -2.02. The lowest BCUT2D eigenvalue weighted by atomic mass is 10.1. The molecule has 0 radical (unpaired) electrons. The van der Waals surface area contributed by atoms with Gasteiger partial charge in [0.15, 0.2) is 4.34 Å². The molecule has 0 aliphatic heterocycles. The number of nitrogens with one attached hydrogen (secondary N) is 1. The largest absolute Gasteiger partial charge is 0.296 e. The van der Waals surface area contributed by atoms with Gasteiger partial charge in [0, 0.05) is 16.8 Å². The number of thioether (sulfide) groups is 1. The summed E-state index contributed by atoms with van der Waals surface area (Å²) >= 11 is 8.53. The molecule has 0 atom stereocenters. The molecule has 1 amide bonds. The fourth-order valence-corrected chi connectivity index (χ4v) is 3.70. The van der Waals surface area contributed by atoms with Crippen molar-refractivity contribution in [1.82, 2.24) is 10.2 Å². The van der Waals surface area contributed by atoms with Gasteiger partial charge >= 0.3 is 0 Å². The van der Waals surface area contributed by atoms with Crippen molar-refractivity contribution in [3.05, 3.63) is 38.9 Å². The molecule has 2 aromatic rings. The van der Waals surface area contributed by atoms with Crippen LogP contribution in [0.1, 0.15) is 30.1 Å². The van der Waals surface area contributed by atoms with Gasteiger partial charge in [-0.05, 0) is 18.6 Å². The Labute approximate surface area is 145 Å². The predicted octanol–water partition coefficient (Wildman–Crippen LogP) is 4.24. The summed E-state index contributed by atoms with van der Waals surface area (Å²) in [5, 5.41) is 21.9. The minimum atomic E-state index is -0.646. The van der Waals surface area contributed by atoms with Gasteiger partial charge in [0.05, 0.1) is 4.92 Å². The van der Waals surface area contributed by atoms with Crippen molar-refractivity contribution in [3.8, 4) is 0 Å². The highest BCUT2D eigenvalue weighted by Crippen LogP contribution is 2.28. The maximum atomic E-state index is 12.2. The van der Waals surface area contributed by atoms with Crippen LogP contribution < -0.4 is 5.32 Å². The number of nitro benzene ring substituents is 1. The van der Waals surface area contributed by atoms with Crippen LogP contribution in [0.2, 0.25) is 5.02 Å². The first-order valence-electron chi connectivity index (χ1n) is 6.73. The number of aromatic nitrogens is 2. The minimum absolute atomic E-state index is 0.0743. The maximum absolute atomic E-state index is 12.2. The van der Waals surface area contributed by atoms with Crippen LogP contribution in [-0.2, 0) is 0 Å². The van der Waals surface area contributed by atoms with Gasteiger partial charge < -0.3 is 0 Å². The first-order chi connectivity index (χ1) is 11.0. The Morgan fingerprint density at radius 1 is 1.48 bits per heavy atom. The first kappa shape index (κ1) is 17.6. The van der Waals surface area contributed by atoms with Crippen molar-refractivity contribution in [3.63, 3.8) is 0 Å². The van der Waals surface area contributed by atoms with Crippen LogP contribution in [0.3, 0.4) is 0 Å². The van der Waals surface area contributed by atoms with Crippen LogP contribution in [0.4, 0.5) is 10.8 Å². The van der Waals surface area contributed by atoms with Crippen molar-refractivity contribution in [2.75, 3.05) is 11.1 Å². The number of anilines is 1. The molecule has 0 spiro atoms. The van der Waals surface area contributed by atoms with Crippen LogP contribution in [0.25, 0.3) is 0 Å². The average Bonchev–Trinajstić information content (AvgIpc) is 2.94. The van der Waals surface area contributed by atoms with E-state index < -0.39 is 10.8 Å². The molecule has 7 nitrogen and oxygen atoms in total. The average molecular weight is 373 g/mol. The summed E-state index contributed by atoms with van der Waals surface area (Å²) in [5.74, 6) is 0.316. The van der Waals surface area contributed by atoms with E-state index in [1.165, 1.54) is 23.5 Å². The number of hydrogen-bond acceptors (Lipinski definition) is 7. The summed E-state index contributed by atoms with van der Waals surface area (Å²) in [6, 6.07) is 3.88. The van der Waals surface area contributed by atoms with E-state index in [1.54, 1.807) is 11.8 Å². The zero-order valence-electron chi connectivity index (χ0n) is 12.1. The third kappa shape index (κ3) is 4.88. The lowest BCUT2D eigenvalue weighted by Crippen LogP contribution is -2.13. The van der Waals surface area contributed by atoms with E-state index in [4.69, 9.17) is 11.6 Å². The van der Waals surface area contributed by atoms with Gasteiger partial charge in [-0.25, -0.2) is 0 Å². The fourth-order valence-electron chi connectivity index (χ4n) is 1.63. The van der Waals surface area contributed by atoms with E-state index >= 15 is 0 Å². The Balaban J connectivity index is 2.09. The van der Waals surface area contributed by atoms with Crippen LogP contribution >= 0.6 is 34.7 Å². The maximum Gasteiger partial charge on any atom is 0.283 e. The predicted molar refractivity (Wildman–Crippen MR) is 91.6 cm³/mol. The summed E-state index contributed by atoms with van der Waals surface area (Å²) in [5.41, 5.74) is -0.424. The molecule has 1 aromatic heterocycles. The number of rotatable bonds is 7. The highest BCUT2D eigenvalue weighted by molar-refractivity contribution is 8.01. The number of halogens is 1. The summed E-state index contributed by atoms with van der Waals surface area (Å²) in [6.07, 6.45) is 2.17. The first-order valence-corrected chi connectivity index (χ1v) is 8.91. The van der Waals surface area contributed by atoms with Gasteiger partial charge in [0.25, 0.3) is 11.6 Å². The normalized spacial score (nSPS) is 10.5. The third-order valence-electron chi connectivity index (χ3n) is 2.75. The molecule has 0 aliphatic rings. The SMILES string of the molecule is CCCCSc1nnc(NC(=O)c2ccc(Cl)cc2[N+](=O)[O-])s1. The summed E-state index contributed by atoms with van der Waals surface area (Å²) in [4.78, 5) is 22.6. The minimum Gasteiger partial charge on any atom is -0.296 e. The molecular weight excluding hydrogens is 360 g/mol. The van der Waals surface area contributed by atoms with Crippen molar-refractivity contribution in [1.29, 1.82) is 0 Å². The van der Waals surface area contributed by atoms with Crippen LogP contribution in [-0.4, -0.2) is 26.8 Å². The number of benzene rings is 1. The molecule has 0 saturated carbocycles. The summed E-state index contributed by atoms with van der Waals surface area (Å²) in [6.45, 7) is 2.10. The van der Waals surface area contributed by atoms with Crippen molar-refractivity contribution in [2.45, 2.75) is 24.1 Å². The Kier molecular flexibility index (Phi) is 6.31. The molecular formula is C13H13ClN4O3S2. The molecule has 0 fully saturated rings. The highest BCUT2D eigenvalue weighted by atomic mass is 35.5. The summed E-state index contributed by atoms with van der Waals surface area (Å²) in [7, 11) is 0. The van der Waals surface area contributed by atoms with Gasteiger partial charge in [-0.2, -0.15) is 0 Å². The molecule has 1 N–H and O–H groups in total. The number of carbonyl (C=O) groups is 1. The van der Waals surface area contributed by atoms with E-state index in [2.05, 4.69) is 22.4 Å². The van der Waals surface area contributed by atoms with Gasteiger partial charge in [-0.1, -0.05) is 48.0 Å². The van der Waals surface area contributed by atoms with E-state index in [-0.39, 0.29) is 16.3 Å². The number of unbranched alkanes of at least 4 members (excludes halogenated alkanes) is 1. The summed E-state index contributed by atoms with van der Waals surface area (Å²) < 4.78 is 0.749. The molecule has 23 heavy (non-hydrogen) atoms. The fraction of sp³-hybridized carbons (Fsp3) is 0.308. The van der Waals surface area contributed by atoms with Crippen molar-refractivity contribution in [2.24, 2.45) is 0 Å². The third-order valence-corrected chi connectivity index (χ3v) is 5.04. The molecule has 1 aromatic carbocycles. The standard InChI is InChI=1S/C13H13ClN4O3S2/c1-2-3-6-22-13-17-16-12(23-13)15-11(19)9-5-4-8(14)7-10(9)18(20)21/h4-5,7H,2-3,6H2,1H3,(H,15,16,19). The van der Waals surface area contributed by atoms with Gasteiger partial charge in [0.1, 0.15) is 5.56 Å². The second-order valence-electron chi connectivity index (χ2n) is 4.45. The van der Waals surface area contributed by atoms with Crippen LogP contribution in [0.5, 0.6) is 0 Å². The van der Waals surface area contributed by atoms with E-state index in [0.29, 0.717) is 5.13 Å². The number of nitrogens with zero attached hydrogens (tertiary/aromatic N) is 3. The molecule has 0 aliphatic carbocycles. The number of nitro groups is 1. The van der Waals surface area contributed by atoms with Crippen molar-refractivity contribution < 1.29 is 9.72 Å². The number of amides is 1.